The molecule has 0 rings (SSSR count). The molecule has 0 fully saturated rings. The molecule has 0 amide bonds. The van der Waals surface area contributed by atoms with Gasteiger partial charge in [0.1, 0.15) is 6.10 Å². The van der Waals surface area contributed by atoms with Crippen LogP contribution in [0.3, 0.4) is 0 Å². The highest BCUT2D eigenvalue weighted by Gasteiger charge is 2.05. The van der Waals surface area contributed by atoms with Crippen LogP contribution in [-0.2, 0) is 9.53 Å². The van der Waals surface area contributed by atoms with Crippen LogP contribution in [0.15, 0.2) is 24.3 Å². The average Bonchev–Trinajstić information content (AvgIpc) is 2.00. The first-order chi connectivity index (χ1) is 5.57. The maximum Gasteiger partial charge on any atom is 0.333 e. The first-order valence-corrected chi connectivity index (χ1v) is 4.11. The maximum absolute atomic E-state index is 11.0. The third-order valence-corrected chi connectivity index (χ3v) is 1.28. The molecular formula is C10H16O2. The molecule has 0 aliphatic rings. The van der Waals surface area contributed by atoms with Crippen molar-refractivity contribution in [2.24, 2.45) is 0 Å². The summed E-state index contributed by atoms with van der Waals surface area (Å²) in [6, 6.07) is 0. The van der Waals surface area contributed by atoms with E-state index in [1.54, 1.807) is 6.92 Å². The monoisotopic (exact) mass is 168 g/mol. The highest BCUT2D eigenvalue weighted by Crippen LogP contribution is 1.99. The molecule has 2 nitrogen and oxygen atoms in total. The van der Waals surface area contributed by atoms with E-state index >= 15 is 0 Å². The van der Waals surface area contributed by atoms with Crippen molar-refractivity contribution >= 4 is 5.97 Å². The van der Waals surface area contributed by atoms with Crippen molar-refractivity contribution in [2.45, 2.75) is 33.3 Å². The summed E-state index contributed by atoms with van der Waals surface area (Å²) in [5, 5.41) is 0. The topological polar surface area (TPSA) is 26.3 Å². The van der Waals surface area contributed by atoms with E-state index in [9.17, 15) is 4.79 Å². The number of esters is 1. The van der Waals surface area contributed by atoms with E-state index in [1.165, 1.54) is 0 Å². The molecular weight excluding hydrogens is 152 g/mol. The second-order valence-electron chi connectivity index (χ2n) is 2.73. The number of allylic oxidation sites excluding steroid dienone is 1. The Kier molecular flexibility index (Phi) is 5.09. The molecule has 0 N–H and O–H groups in total. The fourth-order valence-electron chi connectivity index (χ4n) is 0.636. The summed E-state index contributed by atoms with van der Waals surface area (Å²) in [5.41, 5.74) is 0.437. The van der Waals surface area contributed by atoms with Gasteiger partial charge in [-0.2, -0.15) is 0 Å². The summed E-state index contributed by atoms with van der Waals surface area (Å²) in [6.45, 7) is 8.99. The normalized spacial score (nSPS) is 12.9. The highest BCUT2D eigenvalue weighted by atomic mass is 16.5. The molecule has 2 heteroatoms. The van der Waals surface area contributed by atoms with Gasteiger partial charge in [-0.25, -0.2) is 4.79 Å². The zero-order valence-electron chi connectivity index (χ0n) is 7.96. The van der Waals surface area contributed by atoms with Crippen LogP contribution in [0.2, 0.25) is 0 Å². The fraction of sp³-hybridized carbons (Fsp3) is 0.500. The number of carbonyl (C=O) groups excluding carboxylic acids is 1. The zero-order valence-corrected chi connectivity index (χ0v) is 7.96. The smallest absolute Gasteiger partial charge is 0.333 e. The number of hydrogen-bond donors (Lipinski definition) is 0. The van der Waals surface area contributed by atoms with E-state index < -0.39 is 0 Å². The number of ether oxygens (including phenoxy) is 1. The Morgan fingerprint density at radius 2 is 2.25 bits per heavy atom. The van der Waals surface area contributed by atoms with Crippen molar-refractivity contribution < 1.29 is 9.53 Å². The Balaban J connectivity index is 3.84. The van der Waals surface area contributed by atoms with Crippen LogP contribution in [0.1, 0.15) is 27.2 Å². The summed E-state index contributed by atoms with van der Waals surface area (Å²) in [5.74, 6) is -0.330. The van der Waals surface area contributed by atoms with Crippen molar-refractivity contribution in [3.63, 3.8) is 0 Å². The lowest BCUT2D eigenvalue weighted by atomic mass is 10.3. The summed E-state index contributed by atoms with van der Waals surface area (Å²) >= 11 is 0. The molecule has 0 bridgehead atoms. The standard InChI is InChI=1S/C10H16O2/c1-5-6-7-9(4)12-10(11)8(2)3/h6-7,9H,2,5H2,1,3-4H3. The van der Waals surface area contributed by atoms with Gasteiger partial charge < -0.3 is 4.74 Å². The molecule has 0 saturated heterocycles. The van der Waals surface area contributed by atoms with Gasteiger partial charge in [0.2, 0.25) is 0 Å². The average molecular weight is 168 g/mol. The van der Waals surface area contributed by atoms with Crippen molar-refractivity contribution in [3.8, 4) is 0 Å². The van der Waals surface area contributed by atoms with Gasteiger partial charge in [-0.15, -0.1) is 0 Å². The lowest BCUT2D eigenvalue weighted by Crippen LogP contribution is -2.12. The van der Waals surface area contributed by atoms with Gasteiger partial charge in [0.15, 0.2) is 0 Å². The van der Waals surface area contributed by atoms with E-state index in [1.807, 2.05) is 26.0 Å². The Hall–Kier alpha value is -1.05. The van der Waals surface area contributed by atoms with Gasteiger partial charge in [0, 0.05) is 5.57 Å². The summed E-state index contributed by atoms with van der Waals surface area (Å²) < 4.78 is 4.99. The Bertz CT molecular complexity index is 192. The second kappa shape index (κ2) is 5.58. The van der Waals surface area contributed by atoms with Crippen LogP contribution in [-0.4, -0.2) is 12.1 Å². The lowest BCUT2D eigenvalue weighted by molar-refractivity contribution is -0.141. The largest absolute Gasteiger partial charge is 0.455 e. The van der Waals surface area contributed by atoms with Gasteiger partial charge in [-0.3, -0.25) is 0 Å². The zero-order chi connectivity index (χ0) is 9.56. The minimum Gasteiger partial charge on any atom is -0.455 e. The first-order valence-electron chi connectivity index (χ1n) is 4.11. The van der Waals surface area contributed by atoms with E-state index in [0.29, 0.717) is 5.57 Å². The van der Waals surface area contributed by atoms with Gasteiger partial charge >= 0.3 is 5.97 Å². The van der Waals surface area contributed by atoms with Crippen LogP contribution in [0.25, 0.3) is 0 Å². The third kappa shape index (κ3) is 4.72. The lowest BCUT2D eigenvalue weighted by Gasteiger charge is -2.07. The minimum atomic E-state index is -0.330. The van der Waals surface area contributed by atoms with E-state index in [2.05, 4.69) is 6.58 Å². The van der Waals surface area contributed by atoms with Gasteiger partial charge in [-0.1, -0.05) is 19.6 Å². The molecule has 0 aromatic carbocycles. The van der Waals surface area contributed by atoms with Crippen LogP contribution < -0.4 is 0 Å². The summed E-state index contributed by atoms with van der Waals surface area (Å²) in [4.78, 5) is 11.0. The molecule has 0 saturated carbocycles. The molecule has 0 spiro atoms. The van der Waals surface area contributed by atoms with Crippen LogP contribution in [0, 0.1) is 0 Å². The van der Waals surface area contributed by atoms with E-state index in [-0.39, 0.29) is 12.1 Å². The third-order valence-electron chi connectivity index (χ3n) is 1.28. The van der Waals surface area contributed by atoms with E-state index in [0.717, 1.165) is 6.42 Å². The fourth-order valence-corrected chi connectivity index (χ4v) is 0.636. The molecule has 0 aliphatic heterocycles. The molecule has 0 aliphatic carbocycles. The van der Waals surface area contributed by atoms with Gasteiger partial charge in [-0.05, 0) is 26.3 Å². The van der Waals surface area contributed by atoms with Gasteiger partial charge in [0.25, 0.3) is 0 Å². The molecule has 1 unspecified atom stereocenters. The van der Waals surface area contributed by atoms with Crippen LogP contribution >= 0.6 is 0 Å². The molecule has 0 radical (unpaired) electrons. The first kappa shape index (κ1) is 11.0. The van der Waals surface area contributed by atoms with Crippen molar-refractivity contribution in [3.05, 3.63) is 24.3 Å². The highest BCUT2D eigenvalue weighted by molar-refractivity contribution is 5.87. The van der Waals surface area contributed by atoms with Gasteiger partial charge in [0.05, 0.1) is 0 Å². The molecule has 12 heavy (non-hydrogen) atoms. The molecule has 68 valence electrons. The summed E-state index contributed by atoms with van der Waals surface area (Å²) in [6.07, 6.45) is 4.63. The molecule has 0 aromatic heterocycles. The minimum absolute atomic E-state index is 0.158. The Morgan fingerprint density at radius 3 is 2.67 bits per heavy atom. The predicted octanol–water partition coefficient (Wildman–Crippen LogP) is 2.46. The molecule has 0 aromatic rings. The Labute approximate surface area is 73.9 Å². The number of rotatable bonds is 4. The van der Waals surface area contributed by atoms with Crippen LogP contribution in [0.5, 0.6) is 0 Å². The SMILES string of the molecule is C=C(C)C(=O)OC(C)C=CCC. The molecule has 1 atom stereocenters. The Morgan fingerprint density at radius 1 is 1.67 bits per heavy atom. The van der Waals surface area contributed by atoms with Crippen molar-refractivity contribution in [1.82, 2.24) is 0 Å². The number of hydrogen-bond acceptors (Lipinski definition) is 2. The second-order valence-corrected chi connectivity index (χ2v) is 2.73. The molecule has 0 heterocycles. The number of carbonyl (C=O) groups is 1. The quantitative estimate of drug-likeness (QED) is 0.366. The van der Waals surface area contributed by atoms with E-state index in [4.69, 9.17) is 4.74 Å². The maximum atomic E-state index is 11.0. The summed E-state index contributed by atoms with van der Waals surface area (Å²) in [7, 11) is 0. The predicted molar refractivity (Wildman–Crippen MR) is 49.8 cm³/mol. The van der Waals surface area contributed by atoms with Crippen molar-refractivity contribution in [2.75, 3.05) is 0 Å². The van der Waals surface area contributed by atoms with Crippen molar-refractivity contribution in [1.29, 1.82) is 0 Å². The van der Waals surface area contributed by atoms with Crippen LogP contribution in [0.4, 0.5) is 0 Å².